The summed E-state index contributed by atoms with van der Waals surface area (Å²) in [5.41, 5.74) is 2.03. The minimum atomic E-state index is -3.53. The number of piperazine rings is 1. The van der Waals surface area contributed by atoms with E-state index in [9.17, 15) is 12.8 Å². The maximum Gasteiger partial charge on any atom is 0.243 e. The average molecular weight is 475 g/mol. The van der Waals surface area contributed by atoms with Crippen LogP contribution in [0.25, 0.3) is 0 Å². The van der Waals surface area contributed by atoms with E-state index in [0.717, 1.165) is 16.3 Å². The lowest BCUT2D eigenvalue weighted by Crippen LogP contribution is -2.48. The highest BCUT2D eigenvalue weighted by Crippen LogP contribution is 2.26. The highest BCUT2D eigenvalue weighted by Gasteiger charge is 2.30. The first-order chi connectivity index (χ1) is 15.1. The third-order valence-electron chi connectivity index (χ3n) is 5.60. The van der Waals surface area contributed by atoms with Crippen molar-refractivity contribution < 1.29 is 12.8 Å². The van der Waals surface area contributed by atoms with Gasteiger partial charge in [-0.25, -0.2) is 17.8 Å². The van der Waals surface area contributed by atoms with Crippen molar-refractivity contribution in [3.63, 3.8) is 0 Å². The molecule has 0 amide bonds. The van der Waals surface area contributed by atoms with Crippen LogP contribution in [0.4, 0.5) is 9.52 Å². The van der Waals surface area contributed by atoms with E-state index in [1.54, 1.807) is 24.3 Å². The van der Waals surface area contributed by atoms with E-state index in [0.29, 0.717) is 43.3 Å². The van der Waals surface area contributed by atoms with E-state index < -0.39 is 10.0 Å². The molecule has 0 radical (unpaired) electrons. The Kier molecular flexibility index (Phi) is 6.33. The minimum Gasteiger partial charge on any atom is -0.344 e. The van der Waals surface area contributed by atoms with Gasteiger partial charge in [0.2, 0.25) is 15.2 Å². The van der Waals surface area contributed by atoms with Crippen LogP contribution >= 0.6 is 11.5 Å². The van der Waals surface area contributed by atoms with Crippen molar-refractivity contribution in [2.45, 2.75) is 37.5 Å². The average Bonchev–Trinajstić information content (AvgIpc) is 3.23. The van der Waals surface area contributed by atoms with Crippen molar-refractivity contribution in [2.75, 3.05) is 31.1 Å². The molecule has 9 heteroatoms. The summed E-state index contributed by atoms with van der Waals surface area (Å²) in [6, 6.07) is 13.5. The normalized spacial score (nSPS) is 15.8. The summed E-state index contributed by atoms with van der Waals surface area (Å²) >= 11 is 1.31. The third kappa shape index (κ3) is 5.00. The van der Waals surface area contributed by atoms with E-state index in [1.807, 2.05) is 12.1 Å². The van der Waals surface area contributed by atoms with Crippen molar-refractivity contribution in [3.05, 3.63) is 71.3 Å². The van der Waals surface area contributed by atoms with Gasteiger partial charge in [0.1, 0.15) is 11.6 Å². The fourth-order valence-corrected chi connectivity index (χ4v) is 5.78. The Balaban J connectivity index is 1.38. The van der Waals surface area contributed by atoms with Crippen LogP contribution in [0.3, 0.4) is 0 Å². The van der Waals surface area contributed by atoms with Crippen LogP contribution in [0.5, 0.6) is 0 Å². The highest BCUT2D eigenvalue weighted by atomic mass is 32.2. The lowest BCUT2D eigenvalue weighted by atomic mass is 9.87. The van der Waals surface area contributed by atoms with Crippen LogP contribution in [-0.4, -0.2) is 48.3 Å². The van der Waals surface area contributed by atoms with Gasteiger partial charge in [-0.15, -0.1) is 0 Å². The van der Waals surface area contributed by atoms with Crippen molar-refractivity contribution in [1.82, 2.24) is 13.7 Å². The Morgan fingerprint density at radius 3 is 2.19 bits per heavy atom. The molecule has 32 heavy (non-hydrogen) atoms. The van der Waals surface area contributed by atoms with Gasteiger partial charge < -0.3 is 4.90 Å². The molecule has 0 atom stereocenters. The van der Waals surface area contributed by atoms with Gasteiger partial charge in [0.25, 0.3) is 0 Å². The Hall–Kier alpha value is -2.36. The van der Waals surface area contributed by atoms with E-state index in [-0.39, 0.29) is 11.2 Å². The quantitative estimate of drug-likeness (QED) is 0.558. The molecule has 2 aromatic carbocycles. The summed E-state index contributed by atoms with van der Waals surface area (Å²) < 4.78 is 45.2. The van der Waals surface area contributed by atoms with Gasteiger partial charge in [0, 0.05) is 44.1 Å². The maximum atomic E-state index is 13.1. The molecule has 0 spiro atoms. The second kappa shape index (κ2) is 8.88. The largest absolute Gasteiger partial charge is 0.344 e. The summed E-state index contributed by atoms with van der Waals surface area (Å²) in [5, 5.41) is 0.786. The second-order valence-corrected chi connectivity index (χ2v) is 11.6. The minimum absolute atomic E-state index is 0.0226. The fraction of sp³-hybridized carbons (Fsp3) is 0.391. The highest BCUT2D eigenvalue weighted by molar-refractivity contribution is 7.89. The first kappa shape index (κ1) is 22.8. The molecule has 1 aromatic heterocycles. The summed E-state index contributed by atoms with van der Waals surface area (Å²) in [5.74, 6) is 0.421. The third-order valence-corrected chi connectivity index (χ3v) is 8.33. The Morgan fingerprint density at radius 1 is 0.969 bits per heavy atom. The lowest BCUT2D eigenvalue weighted by molar-refractivity contribution is 0.384. The van der Waals surface area contributed by atoms with Gasteiger partial charge >= 0.3 is 0 Å². The van der Waals surface area contributed by atoms with Crippen LogP contribution < -0.4 is 4.90 Å². The molecule has 0 saturated carbocycles. The molecule has 1 aliphatic heterocycles. The number of halogens is 1. The monoisotopic (exact) mass is 474 g/mol. The molecule has 0 unspecified atom stereocenters. The molecule has 6 nitrogen and oxygen atoms in total. The number of hydrogen-bond donors (Lipinski definition) is 0. The molecule has 3 aromatic rings. The summed E-state index contributed by atoms with van der Waals surface area (Å²) in [6.45, 7) is 8.23. The van der Waals surface area contributed by atoms with Crippen LogP contribution in [0.1, 0.15) is 37.7 Å². The SMILES string of the molecule is CC(C)(C)c1ccc(S(=O)(=O)N2CCN(c3nc(Cc4ccc(F)cc4)ns3)CC2)cc1. The van der Waals surface area contributed by atoms with Gasteiger partial charge in [-0.05, 0) is 40.8 Å². The predicted octanol–water partition coefficient (Wildman–Crippen LogP) is 4.08. The molecule has 1 fully saturated rings. The smallest absolute Gasteiger partial charge is 0.243 e. The molecule has 170 valence electrons. The first-order valence-corrected chi connectivity index (χ1v) is 12.8. The van der Waals surface area contributed by atoms with Crippen LogP contribution in [-0.2, 0) is 21.9 Å². The van der Waals surface area contributed by atoms with Gasteiger partial charge in [0.15, 0.2) is 0 Å². The van der Waals surface area contributed by atoms with E-state index in [2.05, 4.69) is 35.0 Å². The van der Waals surface area contributed by atoms with Gasteiger partial charge in [-0.2, -0.15) is 8.68 Å². The number of benzene rings is 2. The van der Waals surface area contributed by atoms with Crippen LogP contribution in [0, 0.1) is 5.82 Å². The van der Waals surface area contributed by atoms with E-state index in [1.165, 1.54) is 28.0 Å². The topological polar surface area (TPSA) is 66.4 Å². The lowest BCUT2D eigenvalue weighted by Gasteiger charge is -2.33. The molecule has 4 rings (SSSR count). The standard InChI is InChI=1S/C23H27FN4O2S2/c1-23(2,3)18-6-10-20(11-7-18)32(29,30)28-14-12-27(13-15-28)22-25-21(26-31-22)16-17-4-8-19(24)9-5-17/h4-11H,12-16H2,1-3H3. The van der Waals surface area contributed by atoms with E-state index in [4.69, 9.17) is 0 Å². The fourth-order valence-electron chi connectivity index (χ4n) is 3.63. The van der Waals surface area contributed by atoms with Crippen LogP contribution in [0.15, 0.2) is 53.4 Å². The molecular formula is C23H27FN4O2S2. The van der Waals surface area contributed by atoms with Crippen molar-refractivity contribution in [1.29, 1.82) is 0 Å². The van der Waals surface area contributed by atoms with Gasteiger partial charge in [0.05, 0.1) is 4.90 Å². The molecule has 1 aliphatic rings. The zero-order valence-corrected chi connectivity index (χ0v) is 20.1. The van der Waals surface area contributed by atoms with Crippen molar-refractivity contribution in [3.8, 4) is 0 Å². The molecule has 2 heterocycles. The predicted molar refractivity (Wildman–Crippen MR) is 125 cm³/mol. The summed E-state index contributed by atoms with van der Waals surface area (Å²) in [7, 11) is -3.53. The Bertz CT molecular complexity index is 1160. The van der Waals surface area contributed by atoms with Crippen molar-refractivity contribution >= 4 is 26.7 Å². The number of anilines is 1. The van der Waals surface area contributed by atoms with Gasteiger partial charge in [-0.3, -0.25) is 0 Å². The Morgan fingerprint density at radius 2 is 1.59 bits per heavy atom. The molecule has 1 saturated heterocycles. The molecule has 0 N–H and O–H groups in total. The van der Waals surface area contributed by atoms with Gasteiger partial charge in [-0.1, -0.05) is 45.0 Å². The summed E-state index contributed by atoms with van der Waals surface area (Å²) in [4.78, 5) is 7.00. The van der Waals surface area contributed by atoms with Crippen molar-refractivity contribution in [2.24, 2.45) is 0 Å². The van der Waals surface area contributed by atoms with Crippen LogP contribution in [0.2, 0.25) is 0 Å². The first-order valence-electron chi connectivity index (χ1n) is 10.6. The zero-order chi connectivity index (χ0) is 22.9. The van der Waals surface area contributed by atoms with E-state index >= 15 is 0 Å². The maximum absolute atomic E-state index is 13.1. The molecular weight excluding hydrogens is 447 g/mol. The number of nitrogens with zero attached hydrogens (tertiary/aromatic N) is 4. The second-order valence-electron chi connectivity index (χ2n) is 8.96. The Labute approximate surface area is 192 Å². The molecule has 0 aliphatic carbocycles. The summed E-state index contributed by atoms with van der Waals surface area (Å²) in [6.07, 6.45) is 0.537. The number of rotatable bonds is 5. The number of hydrogen-bond acceptors (Lipinski definition) is 6. The zero-order valence-electron chi connectivity index (χ0n) is 18.5. The molecule has 0 bridgehead atoms. The number of sulfonamides is 1. The number of aromatic nitrogens is 2.